The molecular weight excluding hydrogens is 350 g/mol. The monoisotopic (exact) mass is 361 g/mol. The second-order valence-electron chi connectivity index (χ2n) is 5.16. The van der Waals surface area contributed by atoms with Crippen molar-refractivity contribution in [3.8, 4) is 0 Å². The lowest BCUT2D eigenvalue weighted by atomic mass is 9.93. The summed E-state index contributed by atoms with van der Waals surface area (Å²) in [6.45, 7) is 6.73. The predicted molar refractivity (Wildman–Crippen MR) is 81.1 cm³/mol. The van der Waals surface area contributed by atoms with Crippen LogP contribution in [0.25, 0.3) is 0 Å². The van der Waals surface area contributed by atoms with E-state index in [0.717, 1.165) is 10.7 Å². The zero-order valence-electron chi connectivity index (χ0n) is 10.8. The van der Waals surface area contributed by atoms with Crippen molar-refractivity contribution < 1.29 is 0 Å². The van der Waals surface area contributed by atoms with Gasteiger partial charge in [0.2, 0.25) is 0 Å². The first-order valence-corrected chi connectivity index (χ1v) is 7.69. The molecular formula is C12H13BrClN3OS. The average molecular weight is 363 g/mol. The molecule has 0 aliphatic rings. The molecule has 0 saturated heterocycles. The summed E-state index contributed by atoms with van der Waals surface area (Å²) in [5, 5.41) is 3.08. The van der Waals surface area contributed by atoms with Crippen LogP contribution in [0.3, 0.4) is 0 Å². The average Bonchev–Trinajstić information content (AvgIpc) is 2.78. The minimum Gasteiger partial charge on any atom is -0.291 e. The minimum atomic E-state index is -0.201. The number of thiazole rings is 1. The summed E-state index contributed by atoms with van der Waals surface area (Å²) in [6.07, 6.45) is 1.44. The van der Waals surface area contributed by atoms with Crippen molar-refractivity contribution in [3.05, 3.63) is 42.4 Å². The van der Waals surface area contributed by atoms with E-state index in [-0.39, 0.29) is 20.6 Å². The third kappa shape index (κ3) is 3.24. The smallest absolute Gasteiger partial charge is 0.269 e. The van der Waals surface area contributed by atoms with Crippen LogP contribution in [0.2, 0.25) is 5.15 Å². The van der Waals surface area contributed by atoms with Crippen LogP contribution in [0, 0.1) is 0 Å². The molecule has 7 heteroatoms. The van der Waals surface area contributed by atoms with Gasteiger partial charge in [-0.15, -0.1) is 11.3 Å². The fraction of sp³-hybridized carbons (Fsp3) is 0.417. The van der Waals surface area contributed by atoms with Crippen LogP contribution in [0.1, 0.15) is 31.5 Å². The molecule has 0 aliphatic carbocycles. The summed E-state index contributed by atoms with van der Waals surface area (Å²) in [5.41, 5.74) is 0.840. The van der Waals surface area contributed by atoms with Gasteiger partial charge in [0, 0.05) is 10.8 Å². The fourth-order valence-corrected chi connectivity index (χ4v) is 2.90. The van der Waals surface area contributed by atoms with Gasteiger partial charge in [-0.25, -0.2) is 9.97 Å². The lowest BCUT2D eigenvalue weighted by Crippen LogP contribution is -2.22. The molecule has 0 aromatic carbocycles. The van der Waals surface area contributed by atoms with Crippen LogP contribution < -0.4 is 5.56 Å². The van der Waals surface area contributed by atoms with Gasteiger partial charge in [0.25, 0.3) is 5.56 Å². The first-order chi connectivity index (χ1) is 8.79. The van der Waals surface area contributed by atoms with Gasteiger partial charge in [0.15, 0.2) is 5.15 Å². The van der Waals surface area contributed by atoms with Gasteiger partial charge in [0.1, 0.15) is 9.48 Å². The molecule has 0 amide bonds. The van der Waals surface area contributed by atoms with Gasteiger partial charge in [0.05, 0.1) is 18.6 Å². The number of hydrogen-bond acceptors (Lipinski definition) is 4. The second kappa shape index (κ2) is 5.34. The summed E-state index contributed by atoms with van der Waals surface area (Å²) < 4.78 is 1.77. The van der Waals surface area contributed by atoms with Crippen molar-refractivity contribution in [2.24, 2.45) is 0 Å². The van der Waals surface area contributed by atoms with E-state index < -0.39 is 0 Å². The largest absolute Gasteiger partial charge is 0.291 e. The molecule has 2 aromatic rings. The van der Waals surface area contributed by atoms with E-state index in [2.05, 4.69) is 46.7 Å². The Morgan fingerprint density at radius 1 is 1.47 bits per heavy atom. The van der Waals surface area contributed by atoms with Gasteiger partial charge in [-0.05, 0) is 15.9 Å². The van der Waals surface area contributed by atoms with Crippen molar-refractivity contribution in [2.45, 2.75) is 32.7 Å². The van der Waals surface area contributed by atoms with Crippen LogP contribution >= 0.6 is 38.9 Å². The van der Waals surface area contributed by atoms with Crippen molar-refractivity contribution in [1.29, 1.82) is 0 Å². The molecule has 0 spiro atoms. The van der Waals surface area contributed by atoms with Crippen molar-refractivity contribution in [3.63, 3.8) is 0 Å². The van der Waals surface area contributed by atoms with E-state index >= 15 is 0 Å². The van der Waals surface area contributed by atoms with Gasteiger partial charge >= 0.3 is 0 Å². The van der Waals surface area contributed by atoms with Crippen LogP contribution in [0.4, 0.5) is 0 Å². The Morgan fingerprint density at radius 3 is 2.74 bits per heavy atom. The maximum atomic E-state index is 12.0. The molecule has 0 radical (unpaired) electrons. The first-order valence-electron chi connectivity index (χ1n) is 5.64. The van der Waals surface area contributed by atoms with Gasteiger partial charge < -0.3 is 0 Å². The topological polar surface area (TPSA) is 47.8 Å². The summed E-state index contributed by atoms with van der Waals surface area (Å²) in [5.74, 6) is 0. The van der Waals surface area contributed by atoms with Crippen LogP contribution in [-0.4, -0.2) is 14.5 Å². The Morgan fingerprint density at radius 2 is 2.16 bits per heavy atom. The number of hydrogen-bond donors (Lipinski definition) is 0. The van der Waals surface area contributed by atoms with Gasteiger partial charge in [-0.1, -0.05) is 32.4 Å². The molecule has 0 N–H and O–H groups in total. The number of nitrogens with zero attached hydrogens (tertiary/aromatic N) is 3. The maximum Gasteiger partial charge on any atom is 0.269 e. The molecule has 0 aliphatic heterocycles. The lowest BCUT2D eigenvalue weighted by molar-refractivity contribution is 0.569. The molecule has 4 nitrogen and oxygen atoms in total. The fourth-order valence-electron chi connectivity index (χ4n) is 1.43. The van der Waals surface area contributed by atoms with E-state index in [0.29, 0.717) is 6.54 Å². The molecule has 0 saturated carbocycles. The van der Waals surface area contributed by atoms with Gasteiger partial charge in [-0.3, -0.25) is 9.36 Å². The third-order valence-electron chi connectivity index (χ3n) is 2.57. The van der Waals surface area contributed by atoms with Crippen LogP contribution in [-0.2, 0) is 12.0 Å². The molecule has 19 heavy (non-hydrogen) atoms. The van der Waals surface area contributed by atoms with Crippen molar-refractivity contribution >= 4 is 38.9 Å². The standard InChI is InChI=1S/C12H13BrClN3OS/c1-12(2,3)7-5-19-8(16-7)4-17-6-15-10(14)9(13)11(17)18/h5-6H,4H2,1-3H3. The zero-order chi connectivity index (χ0) is 14.2. The van der Waals surface area contributed by atoms with E-state index in [1.165, 1.54) is 10.9 Å². The van der Waals surface area contributed by atoms with Crippen molar-refractivity contribution in [1.82, 2.24) is 14.5 Å². The summed E-state index contributed by atoms with van der Waals surface area (Å²) in [6, 6.07) is 0. The summed E-state index contributed by atoms with van der Waals surface area (Å²) >= 11 is 10.4. The molecule has 2 aromatic heterocycles. The second-order valence-corrected chi connectivity index (χ2v) is 7.25. The SMILES string of the molecule is CC(C)(C)c1csc(Cn2cnc(Cl)c(Br)c2=O)n1. The highest BCUT2D eigenvalue weighted by Crippen LogP contribution is 2.24. The van der Waals surface area contributed by atoms with E-state index in [1.807, 2.05) is 5.38 Å². The third-order valence-corrected chi connectivity index (χ3v) is 4.63. The van der Waals surface area contributed by atoms with E-state index in [9.17, 15) is 4.79 Å². The number of halogens is 2. The van der Waals surface area contributed by atoms with Crippen LogP contribution in [0.5, 0.6) is 0 Å². The van der Waals surface area contributed by atoms with E-state index in [1.54, 1.807) is 11.3 Å². The molecule has 0 unspecified atom stereocenters. The van der Waals surface area contributed by atoms with Crippen LogP contribution in [0.15, 0.2) is 21.0 Å². The number of rotatable bonds is 2. The first kappa shape index (κ1) is 14.7. The number of aromatic nitrogens is 3. The van der Waals surface area contributed by atoms with E-state index in [4.69, 9.17) is 11.6 Å². The highest BCUT2D eigenvalue weighted by Gasteiger charge is 2.18. The molecule has 102 valence electrons. The normalized spacial score (nSPS) is 11.8. The van der Waals surface area contributed by atoms with Crippen molar-refractivity contribution in [2.75, 3.05) is 0 Å². The Labute approximate surface area is 128 Å². The highest BCUT2D eigenvalue weighted by atomic mass is 79.9. The predicted octanol–water partition coefficient (Wildman–Crippen LogP) is 3.46. The highest BCUT2D eigenvalue weighted by molar-refractivity contribution is 9.10. The Balaban J connectivity index is 2.30. The molecule has 0 bridgehead atoms. The molecule has 2 heterocycles. The summed E-state index contributed by atoms with van der Waals surface area (Å²) in [4.78, 5) is 20.5. The molecule has 2 rings (SSSR count). The lowest BCUT2D eigenvalue weighted by Gasteiger charge is -2.14. The molecule has 0 atom stereocenters. The molecule has 0 fully saturated rings. The summed E-state index contributed by atoms with van der Waals surface area (Å²) in [7, 11) is 0. The minimum absolute atomic E-state index is 0.0124. The quantitative estimate of drug-likeness (QED) is 0.769. The Hall–Kier alpha value is -0.720. The van der Waals surface area contributed by atoms with Gasteiger partial charge in [-0.2, -0.15) is 0 Å². The maximum absolute atomic E-state index is 12.0. The Bertz CT molecular complexity index is 660. The Kier molecular flexibility index (Phi) is 4.13. The zero-order valence-corrected chi connectivity index (χ0v) is 13.9.